The number of anilines is 1. The molecular formula is C10H13AsN2. The van der Waals surface area contributed by atoms with E-state index < -0.39 is 0 Å². The standard InChI is InChI=1S/C10H13AsN2/c1-8-9(11)4-5-10(12-8)13-6-2-3-7-13/h4-5H,2-3,6-7H2,1H3. The Labute approximate surface area is 87.9 Å². The molecule has 1 aliphatic heterocycles. The van der Waals surface area contributed by atoms with E-state index in [-0.39, 0.29) is 0 Å². The zero-order valence-corrected chi connectivity index (χ0v) is 9.70. The van der Waals surface area contributed by atoms with Crippen molar-refractivity contribution in [2.24, 2.45) is 0 Å². The number of pyridine rings is 1. The van der Waals surface area contributed by atoms with E-state index in [4.69, 9.17) is 0 Å². The van der Waals surface area contributed by atoms with Gasteiger partial charge in [-0.15, -0.1) is 0 Å². The zero-order valence-electron chi connectivity index (χ0n) is 7.82. The molecule has 2 rings (SSSR count). The first kappa shape index (κ1) is 9.08. The fraction of sp³-hybridized carbons (Fsp3) is 0.500. The van der Waals surface area contributed by atoms with Crippen molar-refractivity contribution in [1.82, 2.24) is 4.98 Å². The summed E-state index contributed by atoms with van der Waals surface area (Å²) in [6, 6.07) is 4.25. The molecule has 0 amide bonds. The van der Waals surface area contributed by atoms with Crippen molar-refractivity contribution in [1.29, 1.82) is 0 Å². The van der Waals surface area contributed by atoms with E-state index in [9.17, 15) is 0 Å². The van der Waals surface area contributed by atoms with Crippen LogP contribution in [0.2, 0.25) is 0 Å². The summed E-state index contributed by atoms with van der Waals surface area (Å²) in [7, 11) is 0. The second-order valence-corrected chi connectivity index (χ2v) is 4.48. The van der Waals surface area contributed by atoms with Gasteiger partial charge in [0.2, 0.25) is 0 Å². The minimum atomic E-state index is 1.13. The van der Waals surface area contributed by atoms with E-state index in [1.807, 2.05) is 0 Å². The van der Waals surface area contributed by atoms with Crippen molar-refractivity contribution in [3.05, 3.63) is 17.8 Å². The van der Waals surface area contributed by atoms with Gasteiger partial charge < -0.3 is 0 Å². The van der Waals surface area contributed by atoms with E-state index >= 15 is 0 Å². The van der Waals surface area contributed by atoms with Crippen LogP contribution in [0.1, 0.15) is 18.5 Å². The molecule has 2 heterocycles. The van der Waals surface area contributed by atoms with Crippen LogP contribution in [0.5, 0.6) is 0 Å². The topological polar surface area (TPSA) is 16.1 Å². The number of rotatable bonds is 1. The Hall–Kier alpha value is -0.492. The molecule has 2 nitrogen and oxygen atoms in total. The Kier molecular flexibility index (Phi) is 2.59. The van der Waals surface area contributed by atoms with Gasteiger partial charge in [0.25, 0.3) is 0 Å². The summed E-state index contributed by atoms with van der Waals surface area (Å²) in [6.07, 6.45) is 2.62. The Balaban J connectivity index is 2.25. The molecule has 1 fully saturated rings. The van der Waals surface area contributed by atoms with Gasteiger partial charge in [-0.1, -0.05) is 0 Å². The number of nitrogens with zero attached hydrogens (tertiary/aromatic N) is 2. The van der Waals surface area contributed by atoms with E-state index in [0.717, 1.165) is 11.5 Å². The normalized spacial score (nSPS) is 16.6. The molecule has 0 aromatic carbocycles. The summed E-state index contributed by atoms with van der Waals surface area (Å²) in [6.45, 7) is 4.40. The first-order valence-corrected chi connectivity index (χ1v) is 5.63. The second kappa shape index (κ2) is 3.71. The van der Waals surface area contributed by atoms with Gasteiger partial charge in [0, 0.05) is 0 Å². The van der Waals surface area contributed by atoms with Crippen molar-refractivity contribution < 1.29 is 0 Å². The van der Waals surface area contributed by atoms with Crippen molar-refractivity contribution in [2.45, 2.75) is 19.8 Å². The molecule has 1 aromatic heterocycles. The third-order valence-electron chi connectivity index (χ3n) is 2.47. The Morgan fingerprint density at radius 3 is 2.62 bits per heavy atom. The zero-order chi connectivity index (χ0) is 9.26. The SMILES string of the molecule is Cc1nc(N2CCCC2)ccc1[As]. The third kappa shape index (κ3) is 1.88. The summed E-state index contributed by atoms with van der Waals surface area (Å²) in [4.78, 5) is 6.93. The first-order chi connectivity index (χ1) is 6.27. The van der Waals surface area contributed by atoms with Gasteiger partial charge in [0.1, 0.15) is 0 Å². The van der Waals surface area contributed by atoms with E-state index in [1.165, 1.54) is 30.3 Å². The molecule has 0 aliphatic carbocycles. The molecule has 0 atom stereocenters. The van der Waals surface area contributed by atoms with Crippen LogP contribution in [-0.2, 0) is 0 Å². The van der Waals surface area contributed by atoms with Crippen molar-refractivity contribution in [3.8, 4) is 0 Å². The molecule has 0 spiro atoms. The monoisotopic (exact) mass is 236 g/mol. The van der Waals surface area contributed by atoms with Crippen LogP contribution in [0, 0.1) is 6.92 Å². The van der Waals surface area contributed by atoms with Crippen LogP contribution in [0.25, 0.3) is 0 Å². The minimum absolute atomic E-state index is 1.13. The number of aryl methyl sites for hydroxylation is 1. The Morgan fingerprint density at radius 1 is 1.31 bits per heavy atom. The summed E-state index contributed by atoms with van der Waals surface area (Å²) in [5, 5.41) is 0. The third-order valence-corrected chi connectivity index (χ3v) is 3.46. The van der Waals surface area contributed by atoms with Gasteiger partial charge in [0.05, 0.1) is 0 Å². The fourth-order valence-electron chi connectivity index (χ4n) is 1.66. The van der Waals surface area contributed by atoms with E-state index in [0.29, 0.717) is 0 Å². The van der Waals surface area contributed by atoms with Gasteiger partial charge >= 0.3 is 87.6 Å². The van der Waals surface area contributed by atoms with Crippen molar-refractivity contribution >= 4 is 27.0 Å². The summed E-state index contributed by atoms with van der Waals surface area (Å²) in [5.41, 5.74) is 1.13. The van der Waals surface area contributed by atoms with E-state index in [2.05, 4.69) is 45.8 Å². The molecule has 1 aromatic rings. The van der Waals surface area contributed by atoms with Crippen molar-refractivity contribution in [3.63, 3.8) is 0 Å². The molecule has 68 valence electrons. The molecule has 1 aliphatic rings. The van der Waals surface area contributed by atoms with Gasteiger partial charge in [-0.3, -0.25) is 0 Å². The van der Waals surface area contributed by atoms with Crippen LogP contribution < -0.4 is 9.25 Å². The molecule has 1 saturated heterocycles. The molecule has 2 radical (unpaired) electrons. The maximum absolute atomic E-state index is 4.57. The van der Waals surface area contributed by atoms with Crippen LogP contribution in [0.15, 0.2) is 12.1 Å². The quantitative estimate of drug-likeness (QED) is 0.670. The van der Waals surface area contributed by atoms with Crippen LogP contribution >= 0.6 is 0 Å². The predicted octanol–water partition coefficient (Wildman–Crippen LogP) is 0.784. The predicted molar refractivity (Wildman–Crippen MR) is 55.8 cm³/mol. The van der Waals surface area contributed by atoms with Crippen LogP contribution in [-0.4, -0.2) is 34.9 Å². The number of aromatic nitrogens is 1. The van der Waals surface area contributed by atoms with Gasteiger partial charge in [-0.2, -0.15) is 0 Å². The van der Waals surface area contributed by atoms with Gasteiger partial charge in [-0.25, -0.2) is 0 Å². The Morgan fingerprint density at radius 2 is 2.00 bits per heavy atom. The number of hydrogen-bond acceptors (Lipinski definition) is 2. The van der Waals surface area contributed by atoms with Crippen LogP contribution in [0.3, 0.4) is 0 Å². The summed E-state index contributed by atoms with van der Waals surface area (Å²) >= 11 is 2.56. The molecule has 0 N–H and O–H groups in total. The molecule has 0 bridgehead atoms. The average molecular weight is 236 g/mol. The van der Waals surface area contributed by atoms with Crippen LogP contribution in [0.4, 0.5) is 5.82 Å². The van der Waals surface area contributed by atoms with E-state index in [1.54, 1.807) is 0 Å². The molecule has 3 heteroatoms. The second-order valence-electron chi connectivity index (χ2n) is 3.47. The molecule has 0 saturated carbocycles. The summed E-state index contributed by atoms with van der Waals surface area (Å²) < 4.78 is 1.22. The first-order valence-electron chi connectivity index (χ1n) is 4.69. The Bertz CT molecular complexity index is 306. The molecule has 13 heavy (non-hydrogen) atoms. The maximum atomic E-state index is 4.57. The average Bonchev–Trinajstić information content (AvgIpc) is 2.62. The summed E-state index contributed by atoms with van der Waals surface area (Å²) in [5.74, 6) is 1.14. The van der Waals surface area contributed by atoms with Crippen molar-refractivity contribution in [2.75, 3.05) is 18.0 Å². The molecule has 0 unspecified atom stereocenters. The molecular weight excluding hydrogens is 223 g/mol. The fourth-order valence-corrected chi connectivity index (χ4v) is 1.92. The number of hydrogen-bond donors (Lipinski definition) is 0. The van der Waals surface area contributed by atoms with Gasteiger partial charge in [-0.05, 0) is 0 Å². The van der Waals surface area contributed by atoms with Gasteiger partial charge in [0.15, 0.2) is 0 Å².